The summed E-state index contributed by atoms with van der Waals surface area (Å²) >= 11 is 1.27. The minimum Gasteiger partial charge on any atom is -0.469 e. The molecule has 0 atom stereocenters. The zero-order valence-corrected chi connectivity index (χ0v) is 16.5. The molecule has 0 unspecified atom stereocenters. The highest BCUT2D eigenvalue weighted by Crippen LogP contribution is 2.43. The van der Waals surface area contributed by atoms with Crippen LogP contribution in [-0.2, 0) is 10.2 Å². The molecule has 3 N–H and O–H groups in total. The molecule has 0 aliphatic heterocycles. The molecule has 28 heavy (non-hydrogen) atoms. The molecule has 4 rings (SSSR count). The topological polar surface area (TPSA) is 99.0 Å². The van der Waals surface area contributed by atoms with Gasteiger partial charge < -0.3 is 15.6 Å². The number of rotatable bonds is 7. The van der Waals surface area contributed by atoms with Gasteiger partial charge in [-0.1, -0.05) is 48.5 Å². The average molecular weight is 398 g/mol. The maximum Gasteiger partial charge on any atom is 0.230 e. The molecule has 7 nitrogen and oxygen atoms in total. The lowest BCUT2D eigenvalue weighted by molar-refractivity contribution is -0.119. The van der Waals surface area contributed by atoms with Gasteiger partial charge in [0.1, 0.15) is 5.76 Å². The van der Waals surface area contributed by atoms with Crippen LogP contribution >= 0.6 is 11.8 Å². The molecule has 1 saturated carbocycles. The van der Waals surface area contributed by atoms with Gasteiger partial charge in [-0.3, -0.25) is 4.79 Å². The van der Waals surface area contributed by atoms with Gasteiger partial charge in [0, 0.05) is 12.0 Å². The molecule has 1 amide bonds. The van der Waals surface area contributed by atoms with Crippen LogP contribution in [0.5, 0.6) is 0 Å². The van der Waals surface area contributed by atoms with Crippen LogP contribution in [0.4, 0.5) is 0 Å². The third kappa shape index (κ3) is 3.52. The molecule has 1 fully saturated rings. The van der Waals surface area contributed by atoms with Crippen LogP contribution in [-0.4, -0.2) is 33.1 Å². The van der Waals surface area contributed by atoms with Crippen LogP contribution < -0.4 is 11.2 Å². The van der Waals surface area contributed by atoms with Gasteiger partial charge in [-0.25, -0.2) is 4.68 Å². The quantitative estimate of drug-likeness (QED) is 0.470. The molecule has 1 aliphatic rings. The number of nitrogen functional groups attached to an aromatic ring is 1. The lowest BCUT2D eigenvalue weighted by Crippen LogP contribution is -2.46. The molecule has 0 radical (unpaired) electrons. The summed E-state index contributed by atoms with van der Waals surface area (Å²) in [5.41, 5.74) is 2.17. The van der Waals surface area contributed by atoms with Gasteiger partial charge in [-0.05, 0) is 31.4 Å². The second-order valence-corrected chi connectivity index (χ2v) is 8.07. The van der Waals surface area contributed by atoms with Gasteiger partial charge >= 0.3 is 0 Å². The van der Waals surface area contributed by atoms with Crippen LogP contribution in [0.3, 0.4) is 0 Å². The fraction of sp³-hybridized carbons (Fsp3) is 0.350. The monoisotopic (exact) mass is 397 g/mol. The van der Waals surface area contributed by atoms with Crippen LogP contribution in [0.25, 0.3) is 11.4 Å². The van der Waals surface area contributed by atoms with E-state index in [9.17, 15) is 4.79 Å². The van der Waals surface area contributed by atoms with Gasteiger partial charge in [0.15, 0.2) is 5.82 Å². The van der Waals surface area contributed by atoms with Crippen molar-refractivity contribution in [1.82, 2.24) is 20.2 Å². The number of aromatic nitrogens is 3. The van der Waals surface area contributed by atoms with E-state index in [1.807, 2.05) is 13.0 Å². The smallest absolute Gasteiger partial charge is 0.230 e. The number of furan rings is 1. The summed E-state index contributed by atoms with van der Waals surface area (Å²) in [6, 6.07) is 12.2. The second kappa shape index (κ2) is 7.71. The Morgan fingerprint density at radius 2 is 2.07 bits per heavy atom. The highest BCUT2D eigenvalue weighted by atomic mass is 32.2. The Balaban J connectivity index is 1.34. The number of hydrogen-bond acceptors (Lipinski definition) is 6. The number of nitrogens with two attached hydrogens (primary N) is 1. The zero-order chi connectivity index (χ0) is 19.6. The van der Waals surface area contributed by atoms with E-state index in [4.69, 9.17) is 10.3 Å². The van der Waals surface area contributed by atoms with Gasteiger partial charge in [0.05, 0.1) is 17.6 Å². The van der Waals surface area contributed by atoms with Crippen molar-refractivity contribution in [2.45, 2.75) is 36.8 Å². The third-order valence-electron chi connectivity index (χ3n) is 5.42. The molecule has 0 bridgehead atoms. The summed E-state index contributed by atoms with van der Waals surface area (Å²) in [5, 5.41) is 11.8. The summed E-state index contributed by atoms with van der Waals surface area (Å²) in [4.78, 5) is 12.4. The van der Waals surface area contributed by atoms with Crippen molar-refractivity contribution in [1.29, 1.82) is 0 Å². The van der Waals surface area contributed by atoms with Gasteiger partial charge in [0.25, 0.3) is 0 Å². The fourth-order valence-corrected chi connectivity index (χ4v) is 4.27. The highest BCUT2D eigenvalue weighted by molar-refractivity contribution is 7.99. The van der Waals surface area contributed by atoms with Crippen molar-refractivity contribution < 1.29 is 9.21 Å². The minimum absolute atomic E-state index is 0.0313. The first-order valence-electron chi connectivity index (χ1n) is 9.29. The van der Waals surface area contributed by atoms with E-state index in [2.05, 4.69) is 39.8 Å². The van der Waals surface area contributed by atoms with Crippen molar-refractivity contribution in [2.24, 2.45) is 0 Å². The Labute approximate surface area is 167 Å². The first kappa shape index (κ1) is 18.6. The Kier molecular flexibility index (Phi) is 5.13. The number of amides is 1. The predicted octanol–water partition coefficient (Wildman–Crippen LogP) is 2.89. The summed E-state index contributed by atoms with van der Waals surface area (Å²) in [6.07, 6.45) is 5.00. The molecule has 8 heteroatoms. The van der Waals surface area contributed by atoms with Gasteiger partial charge in [0.2, 0.25) is 11.1 Å². The van der Waals surface area contributed by atoms with Crippen LogP contribution in [0.15, 0.2) is 52.2 Å². The van der Waals surface area contributed by atoms with Gasteiger partial charge in [-0.2, -0.15) is 0 Å². The number of thioether (sulfide) groups is 1. The first-order chi connectivity index (χ1) is 13.6. The molecule has 2 aromatic heterocycles. The largest absolute Gasteiger partial charge is 0.469 e. The molecule has 0 saturated heterocycles. The van der Waals surface area contributed by atoms with Crippen molar-refractivity contribution in [3.05, 3.63) is 54.0 Å². The van der Waals surface area contributed by atoms with E-state index in [-0.39, 0.29) is 17.1 Å². The lowest BCUT2D eigenvalue weighted by Gasteiger charge is -2.42. The third-order valence-corrected chi connectivity index (χ3v) is 6.36. The molecule has 2 heterocycles. The molecule has 1 aliphatic carbocycles. The van der Waals surface area contributed by atoms with Gasteiger partial charge in [-0.15, -0.1) is 10.2 Å². The van der Waals surface area contributed by atoms with Crippen molar-refractivity contribution in [3.8, 4) is 11.4 Å². The molecule has 0 spiro atoms. The van der Waals surface area contributed by atoms with E-state index < -0.39 is 0 Å². The van der Waals surface area contributed by atoms with Crippen molar-refractivity contribution >= 4 is 17.7 Å². The Hall–Kier alpha value is -2.74. The Bertz CT molecular complexity index is 962. The van der Waals surface area contributed by atoms with Crippen molar-refractivity contribution in [3.63, 3.8) is 0 Å². The lowest BCUT2D eigenvalue weighted by atomic mass is 9.64. The molecular formula is C20H23N5O2S. The molecule has 146 valence electrons. The maximum absolute atomic E-state index is 12.4. The fourth-order valence-electron chi connectivity index (χ4n) is 3.59. The number of carbonyl (C=O) groups is 1. The van der Waals surface area contributed by atoms with Crippen LogP contribution in [0, 0.1) is 6.92 Å². The molecule has 3 aromatic rings. The number of aryl methyl sites for hydroxylation is 1. The van der Waals surface area contributed by atoms with E-state index >= 15 is 0 Å². The summed E-state index contributed by atoms with van der Waals surface area (Å²) in [5.74, 6) is 7.55. The predicted molar refractivity (Wildman–Crippen MR) is 108 cm³/mol. The Morgan fingerprint density at radius 3 is 2.71 bits per heavy atom. The number of carbonyl (C=O) groups excluding carboxylic acids is 1. The van der Waals surface area contributed by atoms with Crippen molar-refractivity contribution in [2.75, 3.05) is 18.1 Å². The van der Waals surface area contributed by atoms with Crippen LogP contribution in [0.2, 0.25) is 0 Å². The normalized spacial score (nSPS) is 15.2. The second-order valence-electron chi connectivity index (χ2n) is 7.13. The SMILES string of the molecule is Cc1occc1-c1nnc(SCC(=O)NCC2(c3ccccc3)CCC2)n1N. The molecule has 1 aromatic carbocycles. The van der Waals surface area contributed by atoms with E-state index in [0.717, 1.165) is 24.2 Å². The Morgan fingerprint density at radius 1 is 1.29 bits per heavy atom. The summed E-state index contributed by atoms with van der Waals surface area (Å²) in [7, 11) is 0. The number of hydrogen-bond donors (Lipinski definition) is 2. The number of benzene rings is 1. The van der Waals surface area contributed by atoms with E-state index in [0.29, 0.717) is 17.5 Å². The number of nitrogens with zero attached hydrogens (tertiary/aromatic N) is 3. The van der Waals surface area contributed by atoms with E-state index in [1.54, 1.807) is 12.3 Å². The standard InChI is InChI=1S/C20H23N5O2S/c1-14-16(8-11-27-14)18-23-24-19(25(18)21)28-12-17(26)22-13-20(9-5-10-20)15-6-3-2-4-7-15/h2-4,6-8,11H,5,9-10,12-13,21H2,1H3,(H,22,26). The van der Waals surface area contributed by atoms with E-state index in [1.165, 1.54) is 28.4 Å². The molecular weight excluding hydrogens is 374 g/mol. The highest BCUT2D eigenvalue weighted by Gasteiger charge is 2.38. The average Bonchev–Trinajstić information content (AvgIpc) is 3.25. The number of nitrogens with one attached hydrogen (secondary N) is 1. The summed E-state index contributed by atoms with van der Waals surface area (Å²) in [6.45, 7) is 2.50. The maximum atomic E-state index is 12.4. The first-order valence-corrected chi connectivity index (χ1v) is 10.3. The summed E-state index contributed by atoms with van der Waals surface area (Å²) < 4.78 is 6.69. The van der Waals surface area contributed by atoms with Crippen LogP contribution in [0.1, 0.15) is 30.6 Å². The zero-order valence-electron chi connectivity index (χ0n) is 15.7. The minimum atomic E-state index is -0.0313.